The van der Waals surface area contributed by atoms with Crippen molar-refractivity contribution >= 4 is 5.78 Å². The summed E-state index contributed by atoms with van der Waals surface area (Å²) in [7, 11) is 0. The molecule has 2 atom stereocenters. The molecule has 5 nitrogen and oxygen atoms in total. The van der Waals surface area contributed by atoms with Gasteiger partial charge < -0.3 is 19.7 Å². The third kappa shape index (κ3) is 2.34. The number of aliphatic hydroxyl groups excluding tert-OH is 3. The van der Waals surface area contributed by atoms with Crippen LogP contribution in [0.5, 0.6) is 0 Å². The molecule has 0 spiro atoms. The third-order valence-electron chi connectivity index (χ3n) is 3.25. The van der Waals surface area contributed by atoms with E-state index in [1.54, 1.807) is 0 Å². The predicted octanol–water partition coefficient (Wildman–Crippen LogP) is 0.821. The van der Waals surface area contributed by atoms with Crippen LogP contribution in [0, 0.1) is 5.41 Å². The van der Waals surface area contributed by atoms with Crippen LogP contribution < -0.4 is 0 Å². The molecule has 3 N–H and O–H groups in total. The first kappa shape index (κ1) is 13.3. The van der Waals surface area contributed by atoms with Gasteiger partial charge in [0, 0.05) is 12.8 Å². The van der Waals surface area contributed by atoms with E-state index >= 15 is 0 Å². The molecule has 1 heterocycles. The van der Waals surface area contributed by atoms with Crippen molar-refractivity contribution in [2.75, 3.05) is 6.61 Å². The van der Waals surface area contributed by atoms with Crippen molar-refractivity contribution in [1.29, 1.82) is 0 Å². The number of carbonyl (C=O) groups excluding carboxylic acids is 1. The molecule has 0 aromatic carbocycles. The molecule has 18 heavy (non-hydrogen) atoms. The average Bonchev–Trinajstić information content (AvgIpc) is 2.69. The highest BCUT2D eigenvalue weighted by molar-refractivity contribution is 5.98. The van der Waals surface area contributed by atoms with Crippen LogP contribution in [-0.2, 0) is 6.42 Å². The van der Waals surface area contributed by atoms with Crippen molar-refractivity contribution in [2.24, 2.45) is 5.41 Å². The Labute approximate surface area is 105 Å². The quantitative estimate of drug-likeness (QED) is 0.743. The molecule has 0 amide bonds. The molecular formula is C13H18O5. The lowest BCUT2D eigenvalue weighted by atomic mass is 9.76. The van der Waals surface area contributed by atoms with Crippen molar-refractivity contribution in [3.8, 4) is 0 Å². The normalized spacial score (nSPS) is 21.5. The average molecular weight is 254 g/mol. The van der Waals surface area contributed by atoms with Crippen LogP contribution in [0.1, 0.15) is 48.3 Å². The zero-order valence-electron chi connectivity index (χ0n) is 10.5. The first-order valence-electron chi connectivity index (χ1n) is 5.97. The zero-order valence-corrected chi connectivity index (χ0v) is 10.5. The highest BCUT2D eigenvalue weighted by Crippen LogP contribution is 2.37. The van der Waals surface area contributed by atoms with E-state index < -0.39 is 18.8 Å². The Balaban J connectivity index is 2.32. The van der Waals surface area contributed by atoms with Crippen molar-refractivity contribution in [3.63, 3.8) is 0 Å². The molecule has 100 valence electrons. The second kappa shape index (κ2) is 4.50. The topological polar surface area (TPSA) is 90.9 Å². The molecule has 0 bridgehead atoms. The molecule has 0 saturated heterocycles. The van der Waals surface area contributed by atoms with Crippen molar-refractivity contribution in [2.45, 2.75) is 38.9 Å². The lowest BCUT2D eigenvalue weighted by Crippen LogP contribution is -2.25. The number of carbonyl (C=O) groups is 1. The maximum absolute atomic E-state index is 11.9. The van der Waals surface area contributed by atoms with Crippen LogP contribution in [-0.4, -0.2) is 33.8 Å². The van der Waals surface area contributed by atoms with Gasteiger partial charge in [0.15, 0.2) is 5.78 Å². The SMILES string of the molecule is CC1(C)CC(=O)c2cc([C@@H](O)[C@@H](O)CO)oc2C1. The second-order valence-corrected chi connectivity index (χ2v) is 5.62. The van der Waals surface area contributed by atoms with Crippen LogP contribution in [0.4, 0.5) is 0 Å². The third-order valence-corrected chi connectivity index (χ3v) is 3.25. The van der Waals surface area contributed by atoms with Gasteiger partial charge in [0.05, 0.1) is 12.2 Å². The number of Topliss-reactive ketones (excluding diaryl/α,β-unsaturated/α-hetero) is 1. The van der Waals surface area contributed by atoms with E-state index in [-0.39, 0.29) is 17.0 Å². The van der Waals surface area contributed by atoms with Crippen LogP contribution >= 0.6 is 0 Å². The fourth-order valence-electron chi connectivity index (χ4n) is 2.28. The van der Waals surface area contributed by atoms with E-state index in [1.165, 1.54) is 6.07 Å². The van der Waals surface area contributed by atoms with E-state index in [0.717, 1.165) is 0 Å². The number of hydrogen-bond donors (Lipinski definition) is 3. The van der Waals surface area contributed by atoms with Crippen molar-refractivity contribution in [3.05, 3.63) is 23.2 Å². The summed E-state index contributed by atoms with van der Waals surface area (Å²) < 4.78 is 5.45. The molecule has 0 radical (unpaired) electrons. The maximum Gasteiger partial charge on any atom is 0.166 e. The van der Waals surface area contributed by atoms with E-state index in [4.69, 9.17) is 9.52 Å². The summed E-state index contributed by atoms with van der Waals surface area (Å²) in [6, 6.07) is 1.47. The monoisotopic (exact) mass is 254 g/mol. The summed E-state index contributed by atoms with van der Waals surface area (Å²) in [5, 5.41) is 27.9. The van der Waals surface area contributed by atoms with Crippen LogP contribution in [0.25, 0.3) is 0 Å². The first-order chi connectivity index (χ1) is 8.34. The molecule has 0 aliphatic heterocycles. The summed E-state index contributed by atoms with van der Waals surface area (Å²) in [4.78, 5) is 11.9. The van der Waals surface area contributed by atoms with Gasteiger partial charge in [0.1, 0.15) is 23.7 Å². The highest BCUT2D eigenvalue weighted by Gasteiger charge is 2.35. The molecule has 0 unspecified atom stereocenters. The number of aliphatic hydroxyl groups is 3. The van der Waals surface area contributed by atoms with Crippen LogP contribution in [0.15, 0.2) is 10.5 Å². The minimum absolute atomic E-state index is 0.0121. The number of furan rings is 1. The fraction of sp³-hybridized carbons (Fsp3) is 0.615. The second-order valence-electron chi connectivity index (χ2n) is 5.62. The molecule has 2 rings (SSSR count). The van der Waals surface area contributed by atoms with Gasteiger partial charge in [-0.3, -0.25) is 4.79 Å². The van der Waals surface area contributed by atoms with Crippen LogP contribution in [0.2, 0.25) is 0 Å². The van der Waals surface area contributed by atoms with Crippen LogP contribution in [0.3, 0.4) is 0 Å². The van der Waals surface area contributed by atoms with Gasteiger partial charge >= 0.3 is 0 Å². The zero-order chi connectivity index (χ0) is 13.5. The highest BCUT2D eigenvalue weighted by atomic mass is 16.4. The van der Waals surface area contributed by atoms with Crippen molar-refractivity contribution in [1.82, 2.24) is 0 Å². The number of rotatable bonds is 3. The van der Waals surface area contributed by atoms with E-state index in [0.29, 0.717) is 24.2 Å². The minimum atomic E-state index is -1.31. The summed E-state index contributed by atoms with van der Waals surface area (Å²) in [6.45, 7) is 3.40. The molecular weight excluding hydrogens is 236 g/mol. The summed E-state index contributed by atoms with van der Waals surface area (Å²) in [5.74, 6) is 0.671. The Morgan fingerprint density at radius 1 is 1.39 bits per heavy atom. The Kier molecular flexibility index (Phi) is 3.31. The smallest absolute Gasteiger partial charge is 0.166 e. The standard InChI is InChI=1S/C13H18O5/c1-13(2)4-8(15)7-3-10(18-11(7)5-13)12(17)9(16)6-14/h3,9,12,14,16-17H,4-6H2,1-2H3/t9-,12-/m0/s1. The number of hydrogen-bond acceptors (Lipinski definition) is 5. The molecule has 1 aromatic rings. The van der Waals surface area contributed by atoms with Gasteiger partial charge in [-0.2, -0.15) is 0 Å². The molecule has 1 aliphatic rings. The minimum Gasteiger partial charge on any atom is -0.462 e. The summed E-state index contributed by atoms with van der Waals surface area (Å²) in [5.41, 5.74) is 0.327. The molecule has 0 saturated carbocycles. The molecule has 0 fully saturated rings. The van der Waals surface area contributed by atoms with Crippen molar-refractivity contribution < 1.29 is 24.5 Å². The first-order valence-corrected chi connectivity index (χ1v) is 5.97. The number of ketones is 1. The molecule has 1 aliphatic carbocycles. The Bertz CT molecular complexity index is 460. The lowest BCUT2D eigenvalue weighted by Gasteiger charge is -2.26. The molecule has 5 heteroatoms. The summed E-state index contributed by atoms with van der Waals surface area (Å²) in [6.07, 6.45) is -1.55. The van der Waals surface area contributed by atoms with Gasteiger partial charge in [-0.05, 0) is 11.5 Å². The largest absolute Gasteiger partial charge is 0.462 e. The van der Waals surface area contributed by atoms with Gasteiger partial charge in [-0.15, -0.1) is 0 Å². The Morgan fingerprint density at radius 2 is 2.06 bits per heavy atom. The Morgan fingerprint density at radius 3 is 2.67 bits per heavy atom. The number of fused-ring (bicyclic) bond motifs is 1. The van der Waals surface area contributed by atoms with E-state index in [1.807, 2.05) is 13.8 Å². The van der Waals surface area contributed by atoms with Gasteiger partial charge in [-0.25, -0.2) is 0 Å². The lowest BCUT2D eigenvalue weighted by molar-refractivity contribution is -0.0257. The summed E-state index contributed by atoms with van der Waals surface area (Å²) >= 11 is 0. The maximum atomic E-state index is 11.9. The predicted molar refractivity (Wildman–Crippen MR) is 63.2 cm³/mol. The fourth-order valence-corrected chi connectivity index (χ4v) is 2.28. The van der Waals surface area contributed by atoms with E-state index in [9.17, 15) is 15.0 Å². The Hall–Kier alpha value is -1.17. The van der Waals surface area contributed by atoms with Gasteiger partial charge in [0.2, 0.25) is 0 Å². The molecule has 1 aromatic heterocycles. The van der Waals surface area contributed by atoms with Gasteiger partial charge in [-0.1, -0.05) is 13.8 Å². The van der Waals surface area contributed by atoms with E-state index in [2.05, 4.69) is 0 Å². The van der Waals surface area contributed by atoms with Gasteiger partial charge in [0.25, 0.3) is 0 Å².